The highest BCUT2D eigenvalue weighted by molar-refractivity contribution is 5.44. The summed E-state index contributed by atoms with van der Waals surface area (Å²) in [6.45, 7) is 8.52. The predicted molar refractivity (Wildman–Crippen MR) is 95.1 cm³/mol. The van der Waals surface area contributed by atoms with E-state index in [1.54, 1.807) is 7.11 Å². The van der Waals surface area contributed by atoms with Gasteiger partial charge in [0.2, 0.25) is 0 Å². The molecule has 0 amide bonds. The zero-order valence-corrected chi connectivity index (χ0v) is 14.7. The highest BCUT2D eigenvalue weighted by Gasteiger charge is 2.18. The van der Waals surface area contributed by atoms with E-state index in [1.165, 1.54) is 22.3 Å². The van der Waals surface area contributed by atoms with Gasteiger partial charge in [-0.15, -0.1) is 0 Å². The Bertz CT molecular complexity index is 725. The van der Waals surface area contributed by atoms with Gasteiger partial charge in [0.15, 0.2) is 0 Å². The molecule has 23 heavy (non-hydrogen) atoms. The maximum Gasteiger partial charge on any atom is 0.123 e. The topological polar surface area (TPSA) is 33.0 Å². The first-order valence-corrected chi connectivity index (χ1v) is 8.09. The first-order valence-electron chi connectivity index (χ1n) is 8.09. The van der Waals surface area contributed by atoms with Gasteiger partial charge in [-0.05, 0) is 48.9 Å². The molecule has 2 heteroatoms. The largest absolute Gasteiger partial charge is 0.496 e. The summed E-state index contributed by atoms with van der Waals surface area (Å²) >= 11 is 0. The van der Waals surface area contributed by atoms with Crippen LogP contribution in [-0.2, 0) is 6.42 Å². The van der Waals surface area contributed by atoms with Crippen LogP contribution in [0, 0.1) is 25.2 Å². The van der Waals surface area contributed by atoms with E-state index in [9.17, 15) is 5.26 Å². The Morgan fingerprint density at radius 1 is 1.09 bits per heavy atom. The smallest absolute Gasteiger partial charge is 0.123 e. The van der Waals surface area contributed by atoms with Crippen molar-refractivity contribution in [2.24, 2.45) is 0 Å². The Morgan fingerprint density at radius 3 is 2.43 bits per heavy atom. The molecule has 1 unspecified atom stereocenters. The van der Waals surface area contributed by atoms with Crippen molar-refractivity contribution in [1.29, 1.82) is 5.26 Å². The Hall–Kier alpha value is -2.27. The van der Waals surface area contributed by atoms with Crippen LogP contribution in [0.4, 0.5) is 0 Å². The summed E-state index contributed by atoms with van der Waals surface area (Å²) in [5.41, 5.74) is 5.91. The van der Waals surface area contributed by atoms with Crippen LogP contribution in [0.1, 0.15) is 53.5 Å². The van der Waals surface area contributed by atoms with Crippen molar-refractivity contribution in [3.63, 3.8) is 0 Å². The number of hydrogen-bond donors (Lipinski definition) is 0. The second-order valence-electron chi connectivity index (χ2n) is 6.47. The van der Waals surface area contributed by atoms with Crippen molar-refractivity contribution in [2.75, 3.05) is 7.11 Å². The van der Waals surface area contributed by atoms with E-state index in [-0.39, 0.29) is 5.92 Å². The van der Waals surface area contributed by atoms with Gasteiger partial charge >= 0.3 is 0 Å². The Morgan fingerprint density at radius 2 is 1.83 bits per heavy atom. The van der Waals surface area contributed by atoms with E-state index in [1.807, 2.05) is 6.07 Å². The van der Waals surface area contributed by atoms with Crippen molar-refractivity contribution in [2.45, 2.75) is 46.0 Å². The molecule has 0 N–H and O–H groups in total. The lowest BCUT2D eigenvalue weighted by Gasteiger charge is -2.18. The molecule has 0 fully saturated rings. The van der Waals surface area contributed by atoms with Crippen LogP contribution >= 0.6 is 0 Å². The van der Waals surface area contributed by atoms with Crippen LogP contribution in [0.15, 0.2) is 36.4 Å². The molecule has 2 nitrogen and oxygen atoms in total. The molecule has 0 aliphatic heterocycles. The summed E-state index contributed by atoms with van der Waals surface area (Å²) in [6.07, 6.45) is 0.710. The normalized spacial score (nSPS) is 12.0. The predicted octanol–water partition coefficient (Wildman–Crippen LogP) is 5.29. The van der Waals surface area contributed by atoms with Gasteiger partial charge < -0.3 is 4.74 Å². The van der Waals surface area contributed by atoms with Crippen LogP contribution in [-0.4, -0.2) is 7.11 Å². The van der Waals surface area contributed by atoms with Crippen LogP contribution in [0.25, 0.3) is 0 Å². The second kappa shape index (κ2) is 7.33. The molecule has 0 aliphatic rings. The Kier molecular flexibility index (Phi) is 5.45. The number of aryl methyl sites for hydroxylation is 2. The maximum absolute atomic E-state index is 9.74. The van der Waals surface area contributed by atoms with Gasteiger partial charge in [-0.25, -0.2) is 0 Å². The second-order valence-corrected chi connectivity index (χ2v) is 6.47. The fraction of sp³-hybridized carbons (Fsp3) is 0.381. The minimum atomic E-state index is -0.204. The van der Waals surface area contributed by atoms with Crippen molar-refractivity contribution < 1.29 is 4.74 Å². The monoisotopic (exact) mass is 307 g/mol. The average molecular weight is 307 g/mol. The number of benzene rings is 2. The van der Waals surface area contributed by atoms with Gasteiger partial charge in [-0.1, -0.05) is 49.7 Å². The molecule has 0 saturated carbocycles. The average Bonchev–Trinajstić information content (AvgIpc) is 2.55. The molecule has 0 aliphatic carbocycles. The van der Waals surface area contributed by atoms with E-state index < -0.39 is 0 Å². The summed E-state index contributed by atoms with van der Waals surface area (Å²) in [4.78, 5) is 0. The first kappa shape index (κ1) is 17.1. The SMILES string of the molecule is COc1ccc(C(C)C)cc1C(C#N)Cc1cc(C)ccc1C. The van der Waals surface area contributed by atoms with Crippen LogP contribution < -0.4 is 4.74 Å². The van der Waals surface area contributed by atoms with E-state index in [0.717, 1.165) is 11.3 Å². The summed E-state index contributed by atoms with van der Waals surface area (Å²) in [5.74, 6) is 1.02. The zero-order valence-electron chi connectivity index (χ0n) is 14.7. The lowest BCUT2D eigenvalue weighted by molar-refractivity contribution is 0.407. The van der Waals surface area contributed by atoms with Crippen molar-refractivity contribution >= 4 is 0 Å². The number of hydrogen-bond acceptors (Lipinski definition) is 2. The van der Waals surface area contributed by atoms with Crippen molar-refractivity contribution in [1.82, 2.24) is 0 Å². The van der Waals surface area contributed by atoms with Crippen LogP contribution in [0.3, 0.4) is 0 Å². The third-order valence-electron chi connectivity index (χ3n) is 4.38. The molecule has 0 bridgehead atoms. The maximum atomic E-state index is 9.74. The van der Waals surface area contributed by atoms with Crippen molar-refractivity contribution in [3.05, 3.63) is 64.2 Å². The molecule has 0 aromatic heterocycles. The molecule has 2 rings (SSSR count). The Labute approximate surface area is 139 Å². The number of methoxy groups -OCH3 is 1. The van der Waals surface area contributed by atoms with Crippen LogP contribution in [0.5, 0.6) is 5.75 Å². The highest BCUT2D eigenvalue weighted by Crippen LogP contribution is 2.32. The third kappa shape index (κ3) is 3.93. The fourth-order valence-electron chi connectivity index (χ4n) is 2.85. The van der Waals surface area contributed by atoms with E-state index in [4.69, 9.17) is 4.74 Å². The van der Waals surface area contributed by atoms with E-state index in [0.29, 0.717) is 12.3 Å². The van der Waals surface area contributed by atoms with Gasteiger partial charge in [0.25, 0.3) is 0 Å². The molecule has 1 atom stereocenters. The molecular weight excluding hydrogens is 282 g/mol. The molecule has 2 aromatic rings. The summed E-state index contributed by atoms with van der Waals surface area (Å²) in [5, 5.41) is 9.74. The molecular formula is C21H25NO. The summed E-state index contributed by atoms with van der Waals surface area (Å²) in [7, 11) is 1.67. The van der Waals surface area contributed by atoms with Crippen LogP contribution in [0.2, 0.25) is 0 Å². The highest BCUT2D eigenvalue weighted by atomic mass is 16.5. The van der Waals surface area contributed by atoms with Crippen molar-refractivity contribution in [3.8, 4) is 11.8 Å². The van der Waals surface area contributed by atoms with E-state index >= 15 is 0 Å². The lowest BCUT2D eigenvalue weighted by Crippen LogP contribution is -2.06. The Balaban J connectivity index is 2.43. The standard InChI is InChI=1S/C21H25NO/c1-14(2)17-8-9-21(23-5)20(12-17)19(13-22)11-18-10-15(3)6-7-16(18)4/h6-10,12,14,19H,11H2,1-5H3. The fourth-order valence-corrected chi connectivity index (χ4v) is 2.85. The van der Waals surface area contributed by atoms with Gasteiger partial charge in [-0.2, -0.15) is 5.26 Å². The molecule has 0 saturated heterocycles. The van der Waals surface area contributed by atoms with E-state index in [2.05, 4.69) is 64.1 Å². The number of nitriles is 1. The third-order valence-corrected chi connectivity index (χ3v) is 4.38. The quantitative estimate of drug-likeness (QED) is 0.752. The van der Waals surface area contributed by atoms with Gasteiger partial charge in [0.1, 0.15) is 5.75 Å². The lowest BCUT2D eigenvalue weighted by atomic mass is 9.88. The first-order chi connectivity index (χ1) is 11.0. The minimum Gasteiger partial charge on any atom is -0.496 e. The molecule has 0 spiro atoms. The minimum absolute atomic E-state index is 0.204. The van der Waals surface area contributed by atoms with Gasteiger partial charge in [-0.3, -0.25) is 0 Å². The molecule has 0 radical (unpaired) electrons. The number of nitrogens with zero attached hydrogens (tertiary/aromatic N) is 1. The zero-order chi connectivity index (χ0) is 17.0. The van der Waals surface area contributed by atoms with Gasteiger partial charge in [0.05, 0.1) is 19.1 Å². The summed E-state index contributed by atoms with van der Waals surface area (Å²) < 4.78 is 5.50. The number of rotatable bonds is 5. The molecule has 120 valence electrons. The summed E-state index contributed by atoms with van der Waals surface area (Å²) in [6, 6.07) is 15.1. The molecule has 0 heterocycles. The molecule has 2 aromatic carbocycles. The van der Waals surface area contributed by atoms with Gasteiger partial charge in [0, 0.05) is 5.56 Å². The number of ether oxygens (including phenoxy) is 1.